The lowest BCUT2D eigenvalue weighted by Crippen LogP contribution is -2.51. The summed E-state index contributed by atoms with van der Waals surface area (Å²) in [5.74, 6) is -0.225. The normalized spacial score (nSPS) is 18.6. The predicted octanol–water partition coefficient (Wildman–Crippen LogP) is 0.931. The minimum absolute atomic E-state index is 0.225. The molecule has 25 heavy (non-hydrogen) atoms. The van der Waals surface area contributed by atoms with Crippen LogP contribution in [0.4, 0.5) is 0 Å². The van der Waals surface area contributed by atoms with E-state index in [2.05, 4.69) is 14.9 Å². The molecule has 3 rings (SSSR count). The maximum absolute atomic E-state index is 12.7. The van der Waals surface area contributed by atoms with Gasteiger partial charge in [0, 0.05) is 19.3 Å². The van der Waals surface area contributed by atoms with Gasteiger partial charge >= 0.3 is 0 Å². The third-order valence-electron chi connectivity index (χ3n) is 4.64. The summed E-state index contributed by atoms with van der Waals surface area (Å²) in [6.07, 6.45) is 1.04. The average molecular weight is 362 g/mol. The van der Waals surface area contributed by atoms with Gasteiger partial charge in [0.25, 0.3) is 0 Å². The molecule has 1 aromatic heterocycles. The second-order valence-corrected chi connectivity index (χ2v) is 8.09. The Labute approximate surface area is 147 Å². The number of benzene rings is 1. The lowest BCUT2D eigenvalue weighted by atomic mass is 10.0. The zero-order valence-corrected chi connectivity index (χ0v) is 15.4. The number of H-pyrrole nitrogens is 1. The molecule has 0 saturated carbocycles. The van der Waals surface area contributed by atoms with E-state index in [9.17, 15) is 13.2 Å². The summed E-state index contributed by atoms with van der Waals surface area (Å²) in [7, 11) is -1.96. The van der Waals surface area contributed by atoms with Crippen LogP contribution in [0.25, 0.3) is 0 Å². The lowest BCUT2D eigenvalue weighted by molar-refractivity contribution is -0.131. The van der Waals surface area contributed by atoms with E-state index in [1.165, 1.54) is 0 Å². The number of aromatic nitrogens is 2. The van der Waals surface area contributed by atoms with E-state index in [-0.39, 0.29) is 10.8 Å². The molecule has 0 spiro atoms. The van der Waals surface area contributed by atoms with Crippen molar-refractivity contribution in [2.45, 2.75) is 37.6 Å². The summed E-state index contributed by atoms with van der Waals surface area (Å²) in [4.78, 5) is 14.5. The molecule has 0 saturated heterocycles. The Bertz CT molecular complexity index is 885. The van der Waals surface area contributed by atoms with Gasteiger partial charge in [-0.2, -0.15) is 9.82 Å². The molecule has 1 atom stereocenters. The number of sulfonamides is 1. The van der Waals surface area contributed by atoms with Crippen LogP contribution in [0.15, 0.2) is 29.2 Å². The Morgan fingerprint density at radius 2 is 2.04 bits per heavy atom. The van der Waals surface area contributed by atoms with Crippen LogP contribution in [-0.4, -0.2) is 49.1 Å². The quantitative estimate of drug-likeness (QED) is 0.846. The fraction of sp³-hybridized carbons (Fsp3) is 0.412. The summed E-state index contributed by atoms with van der Waals surface area (Å²) in [6, 6.07) is 6.02. The van der Waals surface area contributed by atoms with Gasteiger partial charge in [-0.3, -0.25) is 9.89 Å². The Balaban J connectivity index is 1.71. The van der Waals surface area contributed by atoms with Crippen LogP contribution in [0.1, 0.15) is 22.5 Å². The number of aromatic amines is 1. The summed E-state index contributed by atoms with van der Waals surface area (Å²) in [5.41, 5.74) is 3.68. The topological polar surface area (TPSA) is 95.2 Å². The maximum atomic E-state index is 12.7. The second-order valence-electron chi connectivity index (χ2n) is 6.41. The van der Waals surface area contributed by atoms with E-state index < -0.39 is 16.1 Å². The molecule has 8 heteroatoms. The molecule has 134 valence electrons. The van der Waals surface area contributed by atoms with E-state index in [1.807, 2.05) is 13.8 Å². The number of amides is 1. The van der Waals surface area contributed by atoms with Gasteiger partial charge in [-0.15, -0.1) is 0 Å². The van der Waals surface area contributed by atoms with Crippen LogP contribution in [0.5, 0.6) is 0 Å². The predicted molar refractivity (Wildman–Crippen MR) is 93.7 cm³/mol. The molecule has 1 amide bonds. The average Bonchev–Trinajstić information content (AvgIpc) is 2.89. The van der Waals surface area contributed by atoms with E-state index in [4.69, 9.17) is 0 Å². The summed E-state index contributed by atoms with van der Waals surface area (Å²) < 4.78 is 27.2. The Hall–Kier alpha value is -2.19. The van der Waals surface area contributed by atoms with Crippen molar-refractivity contribution in [1.29, 1.82) is 0 Å². The van der Waals surface area contributed by atoms with Gasteiger partial charge in [0.05, 0.1) is 10.6 Å². The first-order valence-electron chi connectivity index (χ1n) is 8.15. The minimum atomic E-state index is -3.65. The largest absolute Gasteiger partial charge is 0.344 e. The molecular weight excluding hydrogens is 340 g/mol. The highest BCUT2D eigenvalue weighted by molar-refractivity contribution is 7.89. The highest BCUT2D eigenvalue weighted by atomic mass is 32.2. The zero-order valence-electron chi connectivity index (χ0n) is 14.5. The summed E-state index contributed by atoms with van der Waals surface area (Å²) in [6.45, 7) is 4.37. The van der Waals surface area contributed by atoms with E-state index in [0.717, 1.165) is 17.0 Å². The van der Waals surface area contributed by atoms with Gasteiger partial charge < -0.3 is 4.90 Å². The van der Waals surface area contributed by atoms with Crippen molar-refractivity contribution in [3.63, 3.8) is 0 Å². The molecule has 7 nitrogen and oxygen atoms in total. The van der Waals surface area contributed by atoms with Crippen molar-refractivity contribution in [2.75, 3.05) is 13.6 Å². The van der Waals surface area contributed by atoms with Crippen LogP contribution in [0.2, 0.25) is 0 Å². The highest BCUT2D eigenvalue weighted by Crippen LogP contribution is 2.23. The standard InChI is InChI=1S/C17H22N4O3S/c1-11-14(12(2)19-18-11)8-9-21(3)17(22)15-10-13-6-4-5-7-16(13)25(23,24)20-15/h4-7,15,20H,8-10H2,1-3H3,(H,18,19). The SMILES string of the molecule is Cc1n[nH]c(C)c1CCN(C)C(=O)C1Cc2ccccc2S(=O)(=O)N1. The third kappa shape index (κ3) is 3.45. The smallest absolute Gasteiger partial charge is 0.241 e. The molecule has 1 aliphatic rings. The number of hydrogen-bond donors (Lipinski definition) is 2. The molecule has 0 fully saturated rings. The number of rotatable bonds is 4. The molecule has 2 N–H and O–H groups in total. The number of aryl methyl sites for hydroxylation is 2. The maximum Gasteiger partial charge on any atom is 0.241 e. The van der Waals surface area contributed by atoms with E-state index in [0.29, 0.717) is 24.9 Å². The van der Waals surface area contributed by atoms with Crippen LogP contribution >= 0.6 is 0 Å². The van der Waals surface area contributed by atoms with Crippen LogP contribution < -0.4 is 4.72 Å². The number of carbonyl (C=O) groups excluding carboxylic acids is 1. The first kappa shape index (κ1) is 17.6. The monoisotopic (exact) mass is 362 g/mol. The van der Waals surface area contributed by atoms with Crippen LogP contribution in [0.3, 0.4) is 0 Å². The molecular formula is C17H22N4O3S. The first-order valence-corrected chi connectivity index (χ1v) is 9.63. The third-order valence-corrected chi connectivity index (χ3v) is 6.21. The van der Waals surface area contributed by atoms with Crippen LogP contribution in [-0.2, 0) is 27.7 Å². The van der Waals surface area contributed by atoms with Crippen molar-refractivity contribution in [2.24, 2.45) is 0 Å². The molecule has 2 aromatic rings. The second kappa shape index (κ2) is 6.61. The highest BCUT2D eigenvalue weighted by Gasteiger charge is 2.34. The fourth-order valence-corrected chi connectivity index (χ4v) is 4.62. The lowest BCUT2D eigenvalue weighted by Gasteiger charge is -2.28. The summed E-state index contributed by atoms with van der Waals surface area (Å²) >= 11 is 0. The fourth-order valence-electron chi connectivity index (χ4n) is 3.18. The van der Waals surface area contributed by atoms with Crippen LogP contribution in [0, 0.1) is 13.8 Å². The van der Waals surface area contributed by atoms with Gasteiger partial charge in [0.1, 0.15) is 6.04 Å². The van der Waals surface area contributed by atoms with Gasteiger partial charge in [0.15, 0.2) is 0 Å². The minimum Gasteiger partial charge on any atom is -0.344 e. The number of hydrogen-bond acceptors (Lipinski definition) is 4. The first-order chi connectivity index (χ1) is 11.8. The number of fused-ring (bicyclic) bond motifs is 1. The van der Waals surface area contributed by atoms with Crippen molar-refractivity contribution in [3.8, 4) is 0 Å². The Kier molecular flexibility index (Phi) is 4.66. The van der Waals surface area contributed by atoms with Gasteiger partial charge in [-0.25, -0.2) is 8.42 Å². The number of carbonyl (C=O) groups is 1. The number of likely N-dealkylation sites (N-methyl/N-ethyl adjacent to an activating group) is 1. The van der Waals surface area contributed by atoms with Gasteiger partial charge in [0.2, 0.25) is 15.9 Å². The van der Waals surface area contributed by atoms with E-state index in [1.54, 1.807) is 36.2 Å². The molecule has 1 aliphatic heterocycles. The molecule has 1 aromatic carbocycles. The van der Waals surface area contributed by atoms with Crippen molar-refractivity contribution in [1.82, 2.24) is 19.8 Å². The molecule has 1 unspecified atom stereocenters. The Morgan fingerprint density at radius 3 is 2.72 bits per heavy atom. The van der Waals surface area contributed by atoms with Crippen molar-refractivity contribution >= 4 is 15.9 Å². The molecule has 0 aliphatic carbocycles. The van der Waals surface area contributed by atoms with Gasteiger partial charge in [-0.1, -0.05) is 18.2 Å². The van der Waals surface area contributed by atoms with E-state index >= 15 is 0 Å². The Morgan fingerprint density at radius 1 is 1.32 bits per heavy atom. The summed E-state index contributed by atoms with van der Waals surface area (Å²) in [5, 5.41) is 7.08. The zero-order chi connectivity index (χ0) is 18.2. The van der Waals surface area contributed by atoms with Crippen molar-refractivity contribution < 1.29 is 13.2 Å². The molecule has 2 heterocycles. The van der Waals surface area contributed by atoms with Crippen molar-refractivity contribution in [3.05, 3.63) is 46.8 Å². The molecule has 0 radical (unpaired) electrons. The number of nitrogens with zero attached hydrogens (tertiary/aromatic N) is 2. The molecule has 0 bridgehead atoms. The number of nitrogens with one attached hydrogen (secondary N) is 2. The van der Waals surface area contributed by atoms with Gasteiger partial charge in [-0.05, 0) is 43.9 Å².